The van der Waals surface area contributed by atoms with Crippen LogP contribution in [0, 0.1) is 5.41 Å². The number of hydrogen-bond donors (Lipinski definition) is 2. The Balaban J connectivity index is 2.08. The second-order valence-electron chi connectivity index (χ2n) is 5.36. The first-order valence-electron chi connectivity index (χ1n) is 6.74. The molecule has 1 aliphatic carbocycles. The molecule has 1 saturated carbocycles. The van der Waals surface area contributed by atoms with Crippen molar-refractivity contribution >= 4 is 10.0 Å². The third kappa shape index (κ3) is 3.55. The molecule has 0 bridgehead atoms. The molecule has 0 unspecified atom stereocenters. The maximum Gasteiger partial charge on any atom is 0.240 e. The molecule has 0 saturated heterocycles. The lowest BCUT2D eigenvalue weighted by Crippen LogP contribution is -2.30. The fourth-order valence-corrected chi connectivity index (χ4v) is 3.42. The third-order valence-electron chi connectivity index (χ3n) is 3.93. The van der Waals surface area contributed by atoms with E-state index in [9.17, 15) is 8.42 Å². The molecular formula is C14H22N2O2S. The van der Waals surface area contributed by atoms with Crippen LogP contribution in [0.3, 0.4) is 0 Å². The number of nitrogens with one attached hydrogen (secondary N) is 2. The van der Waals surface area contributed by atoms with E-state index in [-0.39, 0.29) is 5.41 Å². The summed E-state index contributed by atoms with van der Waals surface area (Å²) < 4.78 is 27.2. The predicted octanol–water partition coefficient (Wildman–Crippen LogP) is 1.87. The van der Waals surface area contributed by atoms with Gasteiger partial charge >= 0.3 is 0 Å². The van der Waals surface area contributed by atoms with Gasteiger partial charge in [-0.1, -0.05) is 19.1 Å². The van der Waals surface area contributed by atoms with Gasteiger partial charge in [0, 0.05) is 13.1 Å². The van der Waals surface area contributed by atoms with Crippen molar-refractivity contribution in [1.29, 1.82) is 0 Å². The monoisotopic (exact) mass is 282 g/mol. The zero-order valence-corrected chi connectivity index (χ0v) is 12.4. The Morgan fingerprint density at radius 1 is 1.32 bits per heavy atom. The molecule has 19 heavy (non-hydrogen) atoms. The van der Waals surface area contributed by atoms with Gasteiger partial charge in [0.1, 0.15) is 0 Å². The van der Waals surface area contributed by atoms with E-state index in [1.165, 1.54) is 0 Å². The molecule has 5 heteroatoms. The highest BCUT2D eigenvalue weighted by Gasteiger charge is 2.41. The molecule has 0 radical (unpaired) electrons. The van der Waals surface area contributed by atoms with Gasteiger partial charge in [0.2, 0.25) is 10.0 Å². The summed E-state index contributed by atoms with van der Waals surface area (Å²) in [6.07, 6.45) is 3.30. The maximum absolute atomic E-state index is 12.2. The molecule has 0 aromatic heterocycles. The maximum atomic E-state index is 12.2. The molecule has 0 spiro atoms. The van der Waals surface area contributed by atoms with Gasteiger partial charge < -0.3 is 5.32 Å². The van der Waals surface area contributed by atoms with Crippen LogP contribution in [0.15, 0.2) is 29.2 Å². The first kappa shape index (κ1) is 14.5. The third-order valence-corrected chi connectivity index (χ3v) is 5.33. The summed E-state index contributed by atoms with van der Waals surface area (Å²) in [5.74, 6) is 0. The molecule has 2 rings (SSSR count). The lowest BCUT2D eigenvalue weighted by Gasteiger charge is -2.14. The molecule has 2 N–H and O–H groups in total. The van der Waals surface area contributed by atoms with Crippen LogP contribution in [0.1, 0.15) is 31.7 Å². The van der Waals surface area contributed by atoms with Gasteiger partial charge in [-0.2, -0.15) is 0 Å². The molecule has 1 aliphatic rings. The zero-order chi connectivity index (χ0) is 13.9. The molecule has 4 nitrogen and oxygen atoms in total. The van der Waals surface area contributed by atoms with Crippen molar-refractivity contribution in [1.82, 2.24) is 10.0 Å². The highest BCUT2D eigenvalue weighted by molar-refractivity contribution is 7.89. The van der Waals surface area contributed by atoms with Crippen molar-refractivity contribution in [2.24, 2.45) is 5.41 Å². The Morgan fingerprint density at radius 2 is 2.05 bits per heavy atom. The first-order chi connectivity index (χ1) is 9.01. The molecule has 1 aromatic carbocycles. The summed E-state index contributed by atoms with van der Waals surface area (Å²) in [4.78, 5) is 0.354. The van der Waals surface area contributed by atoms with Crippen molar-refractivity contribution < 1.29 is 8.42 Å². The van der Waals surface area contributed by atoms with Gasteiger partial charge in [-0.15, -0.1) is 0 Å². The van der Waals surface area contributed by atoms with Crippen LogP contribution < -0.4 is 10.0 Å². The molecule has 0 aliphatic heterocycles. The second-order valence-corrected chi connectivity index (χ2v) is 7.12. The van der Waals surface area contributed by atoms with Crippen LogP contribution in [-0.2, 0) is 16.6 Å². The molecular weight excluding hydrogens is 260 g/mol. The van der Waals surface area contributed by atoms with E-state index in [0.717, 1.165) is 24.8 Å². The second kappa shape index (κ2) is 5.61. The van der Waals surface area contributed by atoms with Gasteiger partial charge in [0.15, 0.2) is 0 Å². The van der Waals surface area contributed by atoms with Crippen molar-refractivity contribution in [2.75, 3.05) is 13.6 Å². The van der Waals surface area contributed by atoms with Crippen LogP contribution in [-0.4, -0.2) is 22.0 Å². The predicted molar refractivity (Wildman–Crippen MR) is 76.4 cm³/mol. The zero-order valence-electron chi connectivity index (χ0n) is 11.6. The van der Waals surface area contributed by atoms with Crippen LogP contribution in [0.4, 0.5) is 0 Å². The molecule has 0 atom stereocenters. The Hall–Kier alpha value is -0.910. The normalized spacial score (nSPS) is 17.4. The van der Waals surface area contributed by atoms with E-state index in [2.05, 4.69) is 17.0 Å². The minimum absolute atomic E-state index is 0.218. The summed E-state index contributed by atoms with van der Waals surface area (Å²) in [5, 5.41) is 3.02. The topological polar surface area (TPSA) is 58.2 Å². The van der Waals surface area contributed by atoms with E-state index in [1.807, 2.05) is 13.1 Å². The fraction of sp³-hybridized carbons (Fsp3) is 0.571. The average molecular weight is 282 g/mol. The lowest BCUT2D eigenvalue weighted by atomic mass is 10.1. The van der Waals surface area contributed by atoms with Crippen LogP contribution >= 0.6 is 0 Å². The SMILES string of the molecule is CCC1(CNS(=O)(=O)c2cccc(CNC)c2)CC1. The minimum atomic E-state index is -3.38. The Kier molecular flexibility index (Phi) is 4.28. The van der Waals surface area contributed by atoms with E-state index in [1.54, 1.807) is 18.2 Å². The quantitative estimate of drug-likeness (QED) is 0.803. The number of rotatable bonds is 7. The summed E-state index contributed by atoms with van der Waals surface area (Å²) >= 11 is 0. The molecule has 0 amide bonds. The lowest BCUT2D eigenvalue weighted by molar-refractivity contribution is 0.475. The average Bonchev–Trinajstić information content (AvgIpc) is 3.18. The van der Waals surface area contributed by atoms with E-state index < -0.39 is 10.0 Å². The Morgan fingerprint density at radius 3 is 2.63 bits per heavy atom. The molecule has 106 valence electrons. The van der Waals surface area contributed by atoms with Gasteiger partial charge in [-0.3, -0.25) is 0 Å². The van der Waals surface area contributed by atoms with Crippen molar-refractivity contribution in [3.05, 3.63) is 29.8 Å². The number of benzene rings is 1. The van der Waals surface area contributed by atoms with E-state index >= 15 is 0 Å². The standard InChI is InChI=1S/C14H22N2O2S/c1-3-14(7-8-14)11-16-19(17,18)13-6-4-5-12(9-13)10-15-2/h4-6,9,15-16H,3,7-8,10-11H2,1-2H3. The van der Waals surface area contributed by atoms with Crippen LogP contribution in [0.2, 0.25) is 0 Å². The Bertz CT molecular complexity index is 536. The van der Waals surface area contributed by atoms with Crippen LogP contribution in [0.25, 0.3) is 0 Å². The summed E-state index contributed by atoms with van der Waals surface area (Å²) in [7, 11) is -1.54. The first-order valence-corrected chi connectivity index (χ1v) is 8.23. The highest BCUT2D eigenvalue weighted by Crippen LogP contribution is 2.48. The van der Waals surface area contributed by atoms with Crippen molar-refractivity contribution in [3.63, 3.8) is 0 Å². The smallest absolute Gasteiger partial charge is 0.240 e. The largest absolute Gasteiger partial charge is 0.316 e. The number of sulfonamides is 1. The van der Waals surface area contributed by atoms with Gasteiger partial charge in [-0.25, -0.2) is 13.1 Å². The molecule has 1 aromatic rings. The summed E-state index contributed by atoms with van der Waals surface area (Å²) in [5.41, 5.74) is 1.19. The highest BCUT2D eigenvalue weighted by atomic mass is 32.2. The fourth-order valence-electron chi connectivity index (χ4n) is 2.19. The number of hydrogen-bond acceptors (Lipinski definition) is 3. The van der Waals surface area contributed by atoms with E-state index in [4.69, 9.17) is 0 Å². The van der Waals surface area contributed by atoms with Gasteiger partial charge in [0.05, 0.1) is 4.90 Å². The Labute approximate surface area is 115 Å². The van der Waals surface area contributed by atoms with E-state index in [0.29, 0.717) is 18.0 Å². The van der Waals surface area contributed by atoms with Gasteiger partial charge in [0.25, 0.3) is 0 Å². The molecule has 1 fully saturated rings. The van der Waals surface area contributed by atoms with Gasteiger partial charge in [-0.05, 0) is 49.4 Å². The minimum Gasteiger partial charge on any atom is -0.316 e. The van der Waals surface area contributed by atoms with Crippen LogP contribution in [0.5, 0.6) is 0 Å². The van der Waals surface area contributed by atoms with Crippen molar-refractivity contribution in [2.45, 2.75) is 37.6 Å². The van der Waals surface area contributed by atoms with Crippen molar-refractivity contribution in [3.8, 4) is 0 Å². The molecule has 0 heterocycles. The summed E-state index contributed by atoms with van der Waals surface area (Å²) in [6.45, 7) is 3.35. The summed E-state index contributed by atoms with van der Waals surface area (Å²) in [6, 6.07) is 7.08.